The van der Waals surface area contributed by atoms with Crippen molar-refractivity contribution in [1.29, 1.82) is 0 Å². The molecule has 0 N–H and O–H groups in total. The van der Waals surface area contributed by atoms with Crippen molar-refractivity contribution in [2.24, 2.45) is 0 Å². The molecule has 0 aliphatic heterocycles. The molecule has 0 saturated carbocycles. The van der Waals surface area contributed by atoms with E-state index in [-0.39, 0.29) is 6.29 Å². The summed E-state index contributed by atoms with van der Waals surface area (Å²) in [6, 6.07) is 0. The lowest BCUT2D eigenvalue weighted by Crippen LogP contribution is -2.17. The van der Waals surface area contributed by atoms with Gasteiger partial charge in [-0.05, 0) is 39.5 Å². The van der Waals surface area contributed by atoms with E-state index in [1.807, 2.05) is 13.8 Å². The van der Waals surface area contributed by atoms with E-state index in [0.29, 0.717) is 0 Å². The van der Waals surface area contributed by atoms with Gasteiger partial charge in [-0.2, -0.15) is 0 Å². The highest BCUT2D eigenvalue weighted by Crippen LogP contribution is 2.11. The minimum Gasteiger partial charge on any atom is -0.353 e. The van der Waals surface area contributed by atoms with Crippen LogP contribution in [-0.2, 0) is 9.47 Å². The summed E-state index contributed by atoms with van der Waals surface area (Å²) in [6.07, 6.45) is 12.6. The van der Waals surface area contributed by atoms with E-state index in [0.717, 1.165) is 44.2 Å². The van der Waals surface area contributed by atoms with Gasteiger partial charge >= 0.3 is 0 Å². The van der Waals surface area contributed by atoms with Crippen molar-refractivity contribution in [3.05, 3.63) is 0 Å². The summed E-state index contributed by atoms with van der Waals surface area (Å²) in [5.41, 5.74) is 0. The average Bonchev–Trinajstić information content (AvgIpc) is 2.53. The second-order valence-corrected chi connectivity index (χ2v) is 6.09. The van der Waals surface area contributed by atoms with Gasteiger partial charge in [0, 0.05) is 25.0 Å². The van der Waals surface area contributed by atoms with Gasteiger partial charge in [-0.15, -0.1) is 23.2 Å². The van der Waals surface area contributed by atoms with Crippen LogP contribution in [0.4, 0.5) is 0 Å². The van der Waals surface area contributed by atoms with E-state index in [4.69, 9.17) is 32.7 Å². The lowest BCUT2D eigenvalue weighted by atomic mass is 10.1. The van der Waals surface area contributed by atoms with Crippen LogP contribution < -0.4 is 0 Å². The Labute approximate surface area is 149 Å². The number of ether oxygens (including phenoxy) is 2. The minimum atomic E-state index is 0.0330. The molecule has 0 saturated heterocycles. The lowest BCUT2D eigenvalue weighted by molar-refractivity contribution is -0.140. The van der Waals surface area contributed by atoms with E-state index in [2.05, 4.69) is 6.92 Å². The van der Waals surface area contributed by atoms with Gasteiger partial charge < -0.3 is 9.47 Å². The molecular formula is C18H38Cl2O2. The van der Waals surface area contributed by atoms with E-state index in [9.17, 15) is 0 Å². The molecule has 0 spiro atoms. The molecule has 0 atom stereocenters. The summed E-state index contributed by atoms with van der Waals surface area (Å²) >= 11 is 10.6. The number of alkyl halides is 2. The maximum Gasteiger partial charge on any atom is 0.157 e. The highest BCUT2D eigenvalue weighted by molar-refractivity contribution is 6.18. The molecule has 0 radical (unpaired) electrons. The average molecular weight is 357 g/mol. The van der Waals surface area contributed by atoms with Crippen LogP contribution in [0.3, 0.4) is 0 Å². The van der Waals surface area contributed by atoms with Gasteiger partial charge in [0.15, 0.2) is 6.29 Å². The molecule has 22 heavy (non-hydrogen) atoms. The van der Waals surface area contributed by atoms with Crippen LogP contribution in [0.2, 0.25) is 0 Å². The highest BCUT2D eigenvalue weighted by Gasteiger charge is 2.06. The Morgan fingerprint density at radius 1 is 0.636 bits per heavy atom. The first kappa shape index (κ1) is 24.7. The molecule has 0 amide bonds. The van der Waals surface area contributed by atoms with Gasteiger partial charge in [0.05, 0.1) is 0 Å². The zero-order valence-electron chi connectivity index (χ0n) is 15.0. The van der Waals surface area contributed by atoms with Crippen molar-refractivity contribution in [1.82, 2.24) is 0 Å². The molecule has 0 aromatic carbocycles. The number of hydrogen-bond donors (Lipinski definition) is 0. The molecule has 0 rings (SSSR count). The number of unbranched alkanes of at least 4 members (excludes halogenated alkanes) is 7. The minimum absolute atomic E-state index is 0.0330. The first-order chi connectivity index (χ1) is 10.8. The third-order valence-corrected chi connectivity index (χ3v) is 3.80. The van der Waals surface area contributed by atoms with E-state index in [1.165, 1.54) is 44.9 Å². The summed E-state index contributed by atoms with van der Waals surface area (Å²) in [6.45, 7) is 7.81. The molecule has 0 fully saturated rings. The third kappa shape index (κ3) is 22.8. The predicted molar refractivity (Wildman–Crippen MR) is 100 cm³/mol. The monoisotopic (exact) mass is 356 g/mol. The summed E-state index contributed by atoms with van der Waals surface area (Å²) in [5, 5.41) is 0. The maximum atomic E-state index is 5.51. The maximum absolute atomic E-state index is 5.51. The van der Waals surface area contributed by atoms with Crippen molar-refractivity contribution >= 4 is 23.2 Å². The van der Waals surface area contributed by atoms with Gasteiger partial charge in [0.1, 0.15) is 0 Å². The smallest absolute Gasteiger partial charge is 0.157 e. The fraction of sp³-hybridized carbons (Fsp3) is 1.00. The summed E-state index contributed by atoms with van der Waals surface area (Å²) in [4.78, 5) is 0. The van der Waals surface area contributed by atoms with Gasteiger partial charge in [0.25, 0.3) is 0 Å². The van der Waals surface area contributed by atoms with Gasteiger partial charge in [0.2, 0.25) is 0 Å². The van der Waals surface area contributed by atoms with Gasteiger partial charge in [-0.3, -0.25) is 0 Å². The Bertz CT molecular complexity index is 170. The molecule has 0 heterocycles. The molecule has 0 aliphatic carbocycles. The Kier molecular flexibility index (Phi) is 26.7. The van der Waals surface area contributed by atoms with Crippen LogP contribution in [0.1, 0.15) is 85.0 Å². The SMILES string of the molecule is CCCCCCCCCC(OCC)OCC.ClCCCCCl. The molecule has 0 aromatic rings. The fourth-order valence-electron chi connectivity index (χ4n) is 2.04. The normalized spacial score (nSPS) is 10.6. The van der Waals surface area contributed by atoms with E-state index >= 15 is 0 Å². The zero-order chi connectivity index (χ0) is 16.9. The van der Waals surface area contributed by atoms with Crippen molar-refractivity contribution in [2.75, 3.05) is 25.0 Å². The van der Waals surface area contributed by atoms with Crippen LogP contribution >= 0.6 is 23.2 Å². The largest absolute Gasteiger partial charge is 0.353 e. The highest BCUT2D eigenvalue weighted by atomic mass is 35.5. The van der Waals surface area contributed by atoms with Gasteiger partial charge in [-0.25, -0.2) is 0 Å². The Morgan fingerprint density at radius 3 is 1.50 bits per heavy atom. The molecule has 0 bridgehead atoms. The Morgan fingerprint density at radius 2 is 1.09 bits per heavy atom. The molecular weight excluding hydrogens is 319 g/mol. The molecule has 0 unspecified atom stereocenters. The van der Waals surface area contributed by atoms with E-state index < -0.39 is 0 Å². The van der Waals surface area contributed by atoms with Gasteiger partial charge in [-0.1, -0.05) is 45.4 Å². The number of rotatable bonds is 15. The Balaban J connectivity index is 0. The quantitative estimate of drug-likeness (QED) is 0.183. The van der Waals surface area contributed by atoms with Crippen LogP contribution in [0.15, 0.2) is 0 Å². The second kappa shape index (κ2) is 23.8. The molecule has 0 aliphatic rings. The van der Waals surface area contributed by atoms with E-state index in [1.54, 1.807) is 0 Å². The first-order valence-corrected chi connectivity index (χ1v) is 10.2. The summed E-state index contributed by atoms with van der Waals surface area (Å²) in [5.74, 6) is 1.49. The molecule has 136 valence electrons. The number of hydrogen-bond acceptors (Lipinski definition) is 2. The van der Waals surface area contributed by atoms with Crippen molar-refractivity contribution in [3.8, 4) is 0 Å². The topological polar surface area (TPSA) is 18.5 Å². The lowest BCUT2D eigenvalue weighted by Gasteiger charge is -2.16. The predicted octanol–water partition coefficient (Wildman–Crippen LogP) is 6.77. The van der Waals surface area contributed by atoms with Crippen molar-refractivity contribution in [2.45, 2.75) is 91.3 Å². The summed E-state index contributed by atoms with van der Waals surface area (Å²) in [7, 11) is 0. The molecule has 4 heteroatoms. The third-order valence-electron chi connectivity index (χ3n) is 3.27. The van der Waals surface area contributed by atoms with Crippen LogP contribution in [0.25, 0.3) is 0 Å². The fourth-order valence-corrected chi connectivity index (χ4v) is 2.42. The first-order valence-electron chi connectivity index (χ1n) is 9.11. The second-order valence-electron chi connectivity index (χ2n) is 5.34. The van der Waals surface area contributed by atoms with Crippen LogP contribution in [0.5, 0.6) is 0 Å². The molecule has 2 nitrogen and oxygen atoms in total. The van der Waals surface area contributed by atoms with Crippen LogP contribution in [-0.4, -0.2) is 31.3 Å². The summed E-state index contributed by atoms with van der Waals surface area (Å²) < 4.78 is 11.0. The van der Waals surface area contributed by atoms with Crippen LogP contribution in [0, 0.1) is 0 Å². The molecule has 0 aromatic heterocycles. The standard InChI is InChI=1S/C14H30O2.C4H8Cl2/c1-4-7-8-9-10-11-12-13-14(15-5-2)16-6-3;5-3-1-2-4-6/h14H,4-13H2,1-3H3;1-4H2. The zero-order valence-corrected chi connectivity index (χ0v) is 16.6. The van der Waals surface area contributed by atoms with Crippen molar-refractivity contribution in [3.63, 3.8) is 0 Å². The van der Waals surface area contributed by atoms with Crippen molar-refractivity contribution < 1.29 is 9.47 Å². The number of halogens is 2. The Hall–Kier alpha value is 0.500.